The van der Waals surface area contributed by atoms with Crippen molar-refractivity contribution in [2.45, 2.75) is 123 Å². The molecular formula is C37H59N5O5. The van der Waals surface area contributed by atoms with Gasteiger partial charge in [-0.25, -0.2) is 4.79 Å². The molecule has 3 aliphatic heterocycles. The maximum atomic E-state index is 14.2. The summed E-state index contributed by atoms with van der Waals surface area (Å²) in [5.74, 6) is -0.453. The number of carbonyl (C=O) groups is 4. The van der Waals surface area contributed by atoms with Crippen LogP contribution in [0, 0.1) is 11.3 Å². The summed E-state index contributed by atoms with van der Waals surface area (Å²) < 4.78 is 5.84. The molecule has 1 aromatic carbocycles. The number of nitrogens with one attached hydrogen (secondary N) is 1. The second-order valence-corrected chi connectivity index (χ2v) is 15.4. The van der Waals surface area contributed by atoms with Crippen LogP contribution in [0.2, 0.25) is 0 Å². The molecule has 0 saturated carbocycles. The number of likely N-dealkylation sites (tertiary alicyclic amines) is 3. The fourth-order valence-electron chi connectivity index (χ4n) is 7.52. The molecule has 0 radical (unpaired) electrons. The van der Waals surface area contributed by atoms with Crippen molar-refractivity contribution in [2.75, 3.05) is 40.3 Å². The van der Waals surface area contributed by atoms with E-state index in [1.165, 1.54) is 0 Å². The lowest BCUT2D eigenvalue weighted by Crippen LogP contribution is -2.61. The Morgan fingerprint density at radius 1 is 0.894 bits per heavy atom. The molecule has 0 aliphatic carbocycles. The Morgan fingerprint density at radius 3 is 2.17 bits per heavy atom. The van der Waals surface area contributed by atoms with E-state index in [9.17, 15) is 19.2 Å². The van der Waals surface area contributed by atoms with Crippen LogP contribution in [-0.2, 0) is 23.9 Å². The van der Waals surface area contributed by atoms with E-state index in [-0.39, 0.29) is 47.7 Å². The number of benzene rings is 1. The first-order valence-corrected chi connectivity index (χ1v) is 17.8. The fraction of sp³-hybridized carbons (Fsp3) is 0.730. The van der Waals surface area contributed by atoms with Gasteiger partial charge in [0.1, 0.15) is 18.2 Å². The largest absolute Gasteiger partial charge is 0.456 e. The summed E-state index contributed by atoms with van der Waals surface area (Å²) in [6.45, 7) is 14.8. The molecule has 262 valence electrons. The lowest BCUT2D eigenvalue weighted by molar-refractivity contribution is -0.159. The molecular weight excluding hydrogens is 594 g/mol. The zero-order valence-corrected chi connectivity index (χ0v) is 30.0. The molecule has 3 fully saturated rings. The third kappa shape index (κ3) is 8.93. The summed E-state index contributed by atoms with van der Waals surface area (Å²) >= 11 is 0. The number of rotatable bonds is 11. The van der Waals surface area contributed by atoms with E-state index in [1.807, 2.05) is 72.1 Å². The fourth-order valence-corrected chi connectivity index (χ4v) is 7.52. The van der Waals surface area contributed by atoms with Crippen molar-refractivity contribution in [2.24, 2.45) is 11.3 Å². The van der Waals surface area contributed by atoms with Crippen molar-refractivity contribution < 1.29 is 23.9 Å². The monoisotopic (exact) mass is 653 g/mol. The predicted octanol–water partition coefficient (Wildman–Crippen LogP) is 4.24. The van der Waals surface area contributed by atoms with Gasteiger partial charge in [0.05, 0.1) is 12.1 Å². The summed E-state index contributed by atoms with van der Waals surface area (Å²) in [5.41, 5.74) is 0.436. The average Bonchev–Trinajstić information content (AvgIpc) is 3.72. The van der Waals surface area contributed by atoms with Crippen molar-refractivity contribution >= 4 is 23.7 Å². The van der Waals surface area contributed by atoms with Gasteiger partial charge >= 0.3 is 5.97 Å². The number of esters is 1. The molecule has 3 saturated heterocycles. The molecule has 0 aromatic heterocycles. The molecule has 0 spiro atoms. The lowest BCUT2D eigenvalue weighted by atomic mass is 9.84. The molecule has 47 heavy (non-hydrogen) atoms. The van der Waals surface area contributed by atoms with E-state index in [1.54, 1.807) is 9.80 Å². The van der Waals surface area contributed by atoms with Crippen LogP contribution < -0.4 is 5.32 Å². The first-order valence-electron chi connectivity index (χ1n) is 17.8. The molecule has 1 N–H and O–H groups in total. The normalized spacial score (nSPS) is 24.5. The van der Waals surface area contributed by atoms with Gasteiger partial charge in [-0.3, -0.25) is 24.2 Å². The second kappa shape index (κ2) is 15.9. The smallest absolute Gasteiger partial charge is 0.329 e. The van der Waals surface area contributed by atoms with Crippen molar-refractivity contribution in [1.82, 2.24) is 24.9 Å². The van der Waals surface area contributed by atoms with E-state index in [2.05, 4.69) is 29.0 Å². The maximum absolute atomic E-state index is 14.2. The van der Waals surface area contributed by atoms with E-state index >= 15 is 0 Å². The highest BCUT2D eigenvalue weighted by Gasteiger charge is 2.44. The van der Waals surface area contributed by atoms with Crippen LogP contribution in [-0.4, -0.2) is 114 Å². The van der Waals surface area contributed by atoms with Crippen LogP contribution in [0.3, 0.4) is 0 Å². The minimum absolute atomic E-state index is 0.0257. The van der Waals surface area contributed by atoms with Crippen molar-refractivity contribution in [3.05, 3.63) is 35.9 Å². The third-order valence-corrected chi connectivity index (χ3v) is 10.5. The van der Waals surface area contributed by atoms with Gasteiger partial charge < -0.3 is 19.9 Å². The number of hydrogen-bond donors (Lipinski definition) is 1. The summed E-state index contributed by atoms with van der Waals surface area (Å²) in [4.78, 5) is 62.8. The Bertz CT molecular complexity index is 1230. The quantitative estimate of drug-likeness (QED) is 0.357. The second-order valence-electron chi connectivity index (χ2n) is 15.4. The van der Waals surface area contributed by atoms with Crippen LogP contribution in [0.4, 0.5) is 0 Å². The number of amides is 3. The molecule has 0 bridgehead atoms. The van der Waals surface area contributed by atoms with Crippen LogP contribution in [0.15, 0.2) is 30.3 Å². The van der Waals surface area contributed by atoms with Crippen LogP contribution >= 0.6 is 0 Å². The van der Waals surface area contributed by atoms with Crippen molar-refractivity contribution in [1.29, 1.82) is 0 Å². The Morgan fingerprint density at radius 2 is 1.53 bits per heavy atom. The number of hydrogen-bond acceptors (Lipinski definition) is 7. The van der Waals surface area contributed by atoms with Crippen molar-refractivity contribution in [3.8, 4) is 0 Å². The van der Waals surface area contributed by atoms with Gasteiger partial charge in [-0.15, -0.1) is 0 Å². The van der Waals surface area contributed by atoms with Gasteiger partial charge in [0.2, 0.25) is 17.7 Å². The number of piperidine rings is 1. The van der Waals surface area contributed by atoms with Gasteiger partial charge in [0, 0.05) is 26.2 Å². The Kier molecular flexibility index (Phi) is 12.5. The summed E-state index contributed by atoms with van der Waals surface area (Å²) in [5, 5.41) is 3.14. The summed E-state index contributed by atoms with van der Waals surface area (Å²) in [6.07, 6.45) is 5.45. The molecule has 6 unspecified atom stereocenters. The van der Waals surface area contributed by atoms with Gasteiger partial charge in [-0.05, 0) is 82.5 Å². The van der Waals surface area contributed by atoms with Crippen LogP contribution in [0.5, 0.6) is 0 Å². The Balaban J connectivity index is 1.43. The van der Waals surface area contributed by atoms with Crippen LogP contribution in [0.25, 0.3) is 0 Å². The van der Waals surface area contributed by atoms with Gasteiger partial charge in [-0.2, -0.15) is 0 Å². The first-order chi connectivity index (χ1) is 22.2. The topological polar surface area (TPSA) is 102 Å². The SMILES string of the molecule is CC(OC(=O)C1CCCN1C(=O)C1CCCN1CC(C(C)C)N(C)C(=O)C(NC(=O)C1CCCCN1C)C(C)(C)C)c1ccccc1. The molecule has 1 aromatic rings. The molecule has 3 heterocycles. The molecule has 3 aliphatic rings. The molecule has 10 nitrogen and oxygen atoms in total. The number of ether oxygens (including phenoxy) is 1. The van der Waals surface area contributed by atoms with Gasteiger partial charge in [-0.1, -0.05) is 71.4 Å². The van der Waals surface area contributed by atoms with E-state index < -0.39 is 23.6 Å². The summed E-state index contributed by atoms with van der Waals surface area (Å²) in [6, 6.07) is 7.64. The summed E-state index contributed by atoms with van der Waals surface area (Å²) in [7, 11) is 3.81. The highest BCUT2D eigenvalue weighted by molar-refractivity contribution is 5.91. The average molecular weight is 654 g/mol. The minimum Gasteiger partial charge on any atom is -0.456 e. The third-order valence-electron chi connectivity index (χ3n) is 10.5. The lowest BCUT2D eigenvalue weighted by Gasteiger charge is -2.41. The number of nitrogens with zero attached hydrogens (tertiary/aromatic N) is 4. The highest BCUT2D eigenvalue weighted by Crippen LogP contribution is 2.29. The predicted molar refractivity (Wildman–Crippen MR) is 183 cm³/mol. The zero-order valence-electron chi connectivity index (χ0n) is 30.0. The molecule has 4 rings (SSSR count). The molecule has 3 amide bonds. The molecule has 10 heteroatoms. The van der Waals surface area contributed by atoms with Gasteiger partial charge in [0.25, 0.3) is 0 Å². The standard InChI is InChI=1S/C37H59N5O5/c1-25(2)31(40(8)35(45)32(37(4,5)6)38-33(43)28-18-12-13-21-39(28)7)24-41-22-14-19-29(41)34(44)42-23-15-20-30(42)36(46)47-26(3)27-16-10-9-11-17-27/h9-11,16-17,25-26,28-32H,12-15,18-24H2,1-8H3,(H,38,43). The number of carbonyl (C=O) groups excluding carboxylic acids is 4. The van der Waals surface area contributed by atoms with Gasteiger partial charge in [0.15, 0.2) is 0 Å². The van der Waals surface area contributed by atoms with Crippen molar-refractivity contribution in [3.63, 3.8) is 0 Å². The Labute approximate surface area is 282 Å². The highest BCUT2D eigenvalue weighted by atomic mass is 16.5. The zero-order chi connectivity index (χ0) is 34.5. The Hall–Kier alpha value is -2.98. The maximum Gasteiger partial charge on any atom is 0.329 e. The molecule has 6 atom stereocenters. The van der Waals surface area contributed by atoms with E-state index in [0.717, 1.165) is 57.2 Å². The minimum atomic E-state index is -0.678. The van der Waals surface area contributed by atoms with Crippen LogP contribution in [0.1, 0.15) is 98.2 Å². The number of likely N-dealkylation sites (N-methyl/N-ethyl adjacent to an activating group) is 2. The first kappa shape index (κ1) is 36.8. The van der Waals surface area contributed by atoms with E-state index in [0.29, 0.717) is 19.5 Å². The van der Waals surface area contributed by atoms with E-state index in [4.69, 9.17) is 4.74 Å².